The zero-order valence-electron chi connectivity index (χ0n) is 18.7. The van der Waals surface area contributed by atoms with E-state index in [9.17, 15) is 18.3 Å². The Bertz CT molecular complexity index is 1080. The van der Waals surface area contributed by atoms with E-state index in [1.54, 1.807) is 12.3 Å². The van der Waals surface area contributed by atoms with Crippen LogP contribution in [0.25, 0.3) is 10.9 Å². The Morgan fingerprint density at radius 2 is 1.91 bits per heavy atom. The van der Waals surface area contributed by atoms with Crippen molar-refractivity contribution in [1.29, 1.82) is 0 Å². The predicted molar refractivity (Wildman–Crippen MR) is 125 cm³/mol. The van der Waals surface area contributed by atoms with E-state index in [-0.39, 0.29) is 29.2 Å². The van der Waals surface area contributed by atoms with Crippen molar-refractivity contribution in [3.63, 3.8) is 0 Å². The van der Waals surface area contributed by atoms with E-state index >= 15 is 0 Å². The average molecular weight is 482 g/mol. The number of rotatable bonds is 5. The number of likely N-dealkylation sites (tertiary alicyclic amines) is 1. The van der Waals surface area contributed by atoms with Gasteiger partial charge in [-0.1, -0.05) is 25.4 Å². The molecule has 2 aliphatic heterocycles. The van der Waals surface area contributed by atoms with Crippen molar-refractivity contribution >= 4 is 38.2 Å². The molecule has 3 heterocycles. The summed E-state index contributed by atoms with van der Waals surface area (Å²) in [5.74, 6) is 0.943. The van der Waals surface area contributed by atoms with E-state index < -0.39 is 21.4 Å². The minimum atomic E-state index is -2.91. The van der Waals surface area contributed by atoms with Crippen molar-refractivity contribution in [1.82, 2.24) is 15.1 Å². The van der Waals surface area contributed by atoms with Crippen LogP contribution in [0.2, 0.25) is 5.02 Å². The first-order valence-corrected chi connectivity index (χ1v) is 13.6. The summed E-state index contributed by atoms with van der Waals surface area (Å²) in [6, 6.07) is 3.63. The second-order valence-corrected chi connectivity index (χ2v) is 12.7. The number of hydrogen-bond donors (Lipinski definition) is 2. The molecule has 2 fully saturated rings. The maximum atomic E-state index is 12.8. The van der Waals surface area contributed by atoms with Crippen LogP contribution < -0.4 is 0 Å². The molecule has 1 aromatic carbocycles. The average Bonchev–Trinajstić information content (AvgIpc) is 3.22. The number of aliphatic hydroxyl groups is 1. The summed E-state index contributed by atoms with van der Waals surface area (Å²) in [4.78, 5) is 14.7. The molecule has 1 unspecified atom stereocenters. The Kier molecular flexibility index (Phi) is 6.58. The van der Waals surface area contributed by atoms with Crippen molar-refractivity contribution < 1.29 is 18.3 Å². The number of piperidine rings is 1. The van der Waals surface area contributed by atoms with E-state index in [1.807, 2.05) is 11.0 Å². The van der Waals surface area contributed by atoms with Crippen LogP contribution in [-0.2, 0) is 14.6 Å². The number of aromatic amines is 1. The number of aliphatic hydroxyl groups excluding tert-OH is 1. The molecule has 7 nitrogen and oxygen atoms in total. The molecule has 2 aromatic rings. The number of hydrogen-bond acceptors (Lipinski definition) is 5. The summed E-state index contributed by atoms with van der Waals surface area (Å²) in [5.41, 5.74) is 1.15. The molecule has 32 heavy (non-hydrogen) atoms. The molecule has 9 heteroatoms. The highest BCUT2D eigenvalue weighted by atomic mass is 35.5. The minimum absolute atomic E-state index is 0.125. The van der Waals surface area contributed by atoms with Crippen molar-refractivity contribution in [2.45, 2.75) is 52.1 Å². The summed E-state index contributed by atoms with van der Waals surface area (Å²) >= 11 is 6.28. The second kappa shape index (κ2) is 8.95. The van der Waals surface area contributed by atoms with Crippen molar-refractivity contribution in [3.8, 4) is 0 Å². The monoisotopic (exact) mass is 481 g/mol. The van der Waals surface area contributed by atoms with E-state index in [0.717, 1.165) is 29.3 Å². The normalized spacial score (nSPS) is 21.7. The summed E-state index contributed by atoms with van der Waals surface area (Å²) in [6.45, 7) is 5.48. The third-order valence-corrected chi connectivity index (χ3v) is 9.51. The van der Waals surface area contributed by atoms with Gasteiger partial charge >= 0.3 is 0 Å². The highest BCUT2D eigenvalue weighted by Gasteiger charge is 2.40. The van der Waals surface area contributed by atoms with Gasteiger partial charge in [-0.3, -0.25) is 9.89 Å². The van der Waals surface area contributed by atoms with E-state index in [1.165, 1.54) is 0 Å². The van der Waals surface area contributed by atoms with Gasteiger partial charge in [0.05, 0.1) is 29.3 Å². The van der Waals surface area contributed by atoms with Crippen LogP contribution in [0.4, 0.5) is 0 Å². The van der Waals surface area contributed by atoms with Gasteiger partial charge in [0.15, 0.2) is 0 Å². The largest absolute Gasteiger partial charge is 0.388 e. The maximum absolute atomic E-state index is 12.8. The molecule has 0 radical (unpaired) electrons. The van der Waals surface area contributed by atoms with Crippen LogP contribution in [0, 0.1) is 17.3 Å². The van der Waals surface area contributed by atoms with Crippen LogP contribution in [0.5, 0.6) is 0 Å². The number of aromatic nitrogens is 2. The minimum Gasteiger partial charge on any atom is -0.388 e. The summed E-state index contributed by atoms with van der Waals surface area (Å²) in [5, 5.41) is 19.9. The Morgan fingerprint density at radius 1 is 1.25 bits per heavy atom. The number of benzene rings is 1. The Balaban J connectivity index is 1.37. The smallest absolute Gasteiger partial charge is 0.222 e. The fourth-order valence-corrected chi connectivity index (χ4v) is 7.10. The summed E-state index contributed by atoms with van der Waals surface area (Å²) < 4.78 is 23.2. The molecule has 0 aliphatic carbocycles. The lowest BCUT2D eigenvalue weighted by atomic mass is 9.68. The zero-order chi connectivity index (χ0) is 23.1. The highest BCUT2D eigenvalue weighted by Crippen LogP contribution is 2.46. The van der Waals surface area contributed by atoms with Gasteiger partial charge < -0.3 is 10.0 Å². The highest BCUT2D eigenvalue weighted by molar-refractivity contribution is 7.91. The number of sulfone groups is 1. The summed E-state index contributed by atoms with van der Waals surface area (Å²) in [6.07, 6.45) is 4.24. The molecule has 0 spiro atoms. The van der Waals surface area contributed by atoms with Gasteiger partial charge in [0, 0.05) is 35.5 Å². The maximum Gasteiger partial charge on any atom is 0.222 e. The van der Waals surface area contributed by atoms with Gasteiger partial charge in [-0.15, -0.1) is 0 Å². The first-order valence-electron chi connectivity index (χ1n) is 11.4. The Labute approximate surface area is 194 Å². The molecule has 1 aromatic heterocycles. The van der Waals surface area contributed by atoms with Crippen molar-refractivity contribution in [2.75, 3.05) is 24.6 Å². The van der Waals surface area contributed by atoms with Crippen LogP contribution in [-0.4, -0.2) is 59.1 Å². The molecule has 2 N–H and O–H groups in total. The lowest BCUT2D eigenvalue weighted by Gasteiger charge is -2.43. The van der Waals surface area contributed by atoms with Crippen LogP contribution in [0.15, 0.2) is 18.3 Å². The first kappa shape index (κ1) is 23.5. The number of H-pyrrole nitrogens is 1. The first-order chi connectivity index (χ1) is 15.1. The lowest BCUT2D eigenvalue weighted by molar-refractivity contribution is -0.135. The van der Waals surface area contributed by atoms with Gasteiger partial charge in [-0.25, -0.2) is 8.42 Å². The van der Waals surface area contributed by atoms with Gasteiger partial charge in [-0.05, 0) is 55.1 Å². The quantitative estimate of drug-likeness (QED) is 0.677. The molecular weight excluding hydrogens is 450 g/mol. The number of carbonyl (C=O) groups is 1. The van der Waals surface area contributed by atoms with E-state index in [0.29, 0.717) is 37.4 Å². The standard InChI is InChI=1S/C23H32ClN3O4S/c1-23(2,22(29)19-13-18(24)12-16-14-25-26-21(16)19)17-3-7-27(8-4-17)20(28)11-15-5-9-32(30,31)10-6-15/h12-15,17,22,29H,3-11H2,1-2H3,(H,25,26). The lowest BCUT2D eigenvalue weighted by Crippen LogP contribution is -2.44. The molecule has 0 bridgehead atoms. The van der Waals surface area contributed by atoms with Crippen LogP contribution in [0.3, 0.4) is 0 Å². The van der Waals surface area contributed by atoms with Crippen LogP contribution in [0.1, 0.15) is 57.6 Å². The van der Waals surface area contributed by atoms with Gasteiger partial charge in [0.2, 0.25) is 5.91 Å². The molecule has 1 atom stereocenters. The van der Waals surface area contributed by atoms with E-state index in [4.69, 9.17) is 11.6 Å². The van der Waals surface area contributed by atoms with Crippen molar-refractivity contribution in [2.24, 2.45) is 17.3 Å². The zero-order valence-corrected chi connectivity index (χ0v) is 20.3. The Hall–Kier alpha value is -1.64. The number of nitrogens with zero attached hydrogens (tertiary/aromatic N) is 2. The number of fused-ring (bicyclic) bond motifs is 1. The Morgan fingerprint density at radius 3 is 2.56 bits per heavy atom. The summed E-state index contributed by atoms with van der Waals surface area (Å²) in [7, 11) is -2.91. The van der Waals surface area contributed by atoms with E-state index in [2.05, 4.69) is 24.0 Å². The number of carbonyl (C=O) groups excluding carboxylic acids is 1. The van der Waals surface area contributed by atoms with Gasteiger partial charge in [0.25, 0.3) is 0 Å². The van der Waals surface area contributed by atoms with Crippen molar-refractivity contribution in [3.05, 3.63) is 28.9 Å². The SMILES string of the molecule is CC(C)(C1CCN(C(=O)CC2CCS(=O)(=O)CC2)CC1)C(O)c1cc(Cl)cc2cn[nH]c12. The molecular formula is C23H32ClN3O4S. The third-order valence-electron chi connectivity index (χ3n) is 7.58. The molecule has 176 valence electrons. The van der Waals surface area contributed by atoms with Gasteiger partial charge in [-0.2, -0.15) is 5.10 Å². The molecule has 1 amide bonds. The van der Waals surface area contributed by atoms with Gasteiger partial charge in [0.1, 0.15) is 9.84 Å². The molecule has 0 saturated carbocycles. The number of nitrogens with one attached hydrogen (secondary N) is 1. The fourth-order valence-electron chi connectivity index (χ4n) is 5.28. The third kappa shape index (κ3) is 4.82. The topological polar surface area (TPSA) is 103 Å². The molecule has 4 rings (SSSR count). The molecule has 2 aliphatic rings. The van der Waals surface area contributed by atoms with Crippen LogP contribution >= 0.6 is 11.6 Å². The molecule has 2 saturated heterocycles. The number of amides is 1. The predicted octanol–water partition coefficient (Wildman–Crippen LogP) is 3.73. The second-order valence-electron chi connectivity index (χ2n) is 10.0. The fraction of sp³-hybridized carbons (Fsp3) is 0.652. The number of halogens is 1.